The minimum atomic E-state index is -1.23. The van der Waals surface area contributed by atoms with E-state index in [0.717, 1.165) is 0 Å². The molecule has 7 heteroatoms. The maximum Gasteiger partial charge on any atom is 0.326 e. The highest BCUT2D eigenvalue weighted by atomic mass is 16.5. The molecule has 114 valence electrons. The molecule has 0 aromatic carbocycles. The SMILES string of the molecule is CC1OC(C)C(C(=O)NC(CCC(=O)O)C(=O)O)C1C. The van der Waals surface area contributed by atoms with E-state index >= 15 is 0 Å². The molecule has 0 aliphatic carbocycles. The van der Waals surface area contributed by atoms with Crippen LogP contribution in [0, 0.1) is 11.8 Å². The maximum absolute atomic E-state index is 12.2. The summed E-state index contributed by atoms with van der Waals surface area (Å²) in [5.74, 6) is -3.15. The lowest BCUT2D eigenvalue weighted by atomic mass is 9.88. The Balaban J connectivity index is 2.66. The first kappa shape index (κ1) is 16.4. The van der Waals surface area contributed by atoms with Crippen LogP contribution in [-0.2, 0) is 19.1 Å². The zero-order valence-electron chi connectivity index (χ0n) is 11.8. The van der Waals surface area contributed by atoms with Gasteiger partial charge in [-0.2, -0.15) is 0 Å². The molecular weight excluding hydrogens is 266 g/mol. The van der Waals surface area contributed by atoms with Crippen molar-refractivity contribution in [1.29, 1.82) is 0 Å². The van der Waals surface area contributed by atoms with Gasteiger partial charge < -0.3 is 20.3 Å². The fourth-order valence-electron chi connectivity index (χ4n) is 2.51. The summed E-state index contributed by atoms with van der Waals surface area (Å²) < 4.78 is 5.55. The van der Waals surface area contributed by atoms with Gasteiger partial charge in [0, 0.05) is 6.42 Å². The third-order valence-electron chi connectivity index (χ3n) is 3.81. The molecule has 0 aromatic heterocycles. The van der Waals surface area contributed by atoms with Crippen molar-refractivity contribution in [3.8, 4) is 0 Å². The van der Waals surface area contributed by atoms with E-state index in [2.05, 4.69) is 5.32 Å². The Labute approximate surface area is 117 Å². The van der Waals surface area contributed by atoms with Gasteiger partial charge in [-0.05, 0) is 26.2 Å². The van der Waals surface area contributed by atoms with E-state index in [1.807, 2.05) is 13.8 Å². The Morgan fingerprint density at radius 3 is 2.15 bits per heavy atom. The highest BCUT2D eigenvalue weighted by Crippen LogP contribution is 2.32. The van der Waals surface area contributed by atoms with E-state index in [0.29, 0.717) is 0 Å². The van der Waals surface area contributed by atoms with E-state index < -0.39 is 29.8 Å². The monoisotopic (exact) mass is 287 g/mol. The number of carbonyl (C=O) groups is 3. The number of nitrogens with one attached hydrogen (secondary N) is 1. The molecule has 1 heterocycles. The van der Waals surface area contributed by atoms with Crippen LogP contribution < -0.4 is 5.32 Å². The Hall–Kier alpha value is -1.63. The predicted octanol–water partition coefficient (Wildman–Crippen LogP) is 0.480. The summed E-state index contributed by atoms with van der Waals surface area (Å²) in [6.45, 7) is 5.52. The summed E-state index contributed by atoms with van der Waals surface area (Å²) in [5.41, 5.74) is 0. The zero-order chi connectivity index (χ0) is 15.4. The van der Waals surface area contributed by atoms with Crippen LogP contribution in [0.1, 0.15) is 33.6 Å². The molecule has 1 fully saturated rings. The Kier molecular flexibility index (Phi) is 5.50. The molecule has 1 aliphatic heterocycles. The van der Waals surface area contributed by atoms with Crippen LogP contribution in [0.3, 0.4) is 0 Å². The first-order valence-electron chi connectivity index (χ1n) is 6.64. The first-order valence-corrected chi connectivity index (χ1v) is 6.64. The number of rotatable bonds is 6. The summed E-state index contributed by atoms with van der Waals surface area (Å²) in [6.07, 6.45) is -0.792. The third-order valence-corrected chi connectivity index (χ3v) is 3.81. The summed E-state index contributed by atoms with van der Waals surface area (Å²) in [4.78, 5) is 33.7. The van der Waals surface area contributed by atoms with Crippen molar-refractivity contribution in [2.45, 2.75) is 51.9 Å². The molecule has 5 atom stereocenters. The van der Waals surface area contributed by atoms with Crippen molar-refractivity contribution in [3.63, 3.8) is 0 Å². The topological polar surface area (TPSA) is 113 Å². The normalized spacial score (nSPS) is 30.8. The molecule has 0 spiro atoms. The number of hydrogen-bond donors (Lipinski definition) is 3. The lowest BCUT2D eigenvalue weighted by Crippen LogP contribution is -2.46. The van der Waals surface area contributed by atoms with Gasteiger partial charge in [-0.1, -0.05) is 6.92 Å². The van der Waals surface area contributed by atoms with Crippen molar-refractivity contribution >= 4 is 17.8 Å². The fourth-order valence-corrected chi connectivity index (χ4v) is 2.51. The molecule has 1 saturated heterocycles. The predicted molar refractivity (Wildman–Crippen MR) is 69.1 cm³/mol. The Bertz CT molecular complexity index is 396. The van der Waals surface area contributed by atoms with Gasteiger partial charge in [-0.15, -0.1) is 0 Å². The number of carbonyl (C=O) groups excluding carboxylic acids is 1. The average Bonchev–Trinajstić information content (AvgIpc) is 2.58. The second-order valence-corrected chi connectivity index (χ2v) is 5.26. The van der Waals surface area contributed by atoms with Crippen LogP contribution >= 0.6 is 0 Å². The van der Waals surface area contributed by atoms with Crippen LogP contribution in [0.25, 0.3) is 0 Å². The van der Waals surface area contributed by atoms with Crippen molar-refractivity contribution in [2.24, 2.45) is 11.8 Å². The van der Waals surface area contributed by atoms with Crippen LogP contribution in [0.15, 0.2) is 0 Å². The molecule has 20 heavy (non-hydrogen) atoms. The van der Waals surface area contributed by atoms with Crippen molar-refractivity contribution in [2.75, 3.05) is 0 Å². The first-order chi connectivity index (χ1) is 9.23. The minimum Gasteiger partial charge on any atom is -0.481 e. The minimum absolute atomic E-state index is 0.0149. The van der Waals surface area contributed by atoms with E-state index in [1.165, 1.54) is 0 Å². The molecule has 0 radical (unpaired) electrons. The number of carboxylic acids is 2. The maximum atomic E-state index is 12.2. The fraction of sp³-hybridized carbons (Fsp3) is 0.769. The van der Waals surface area contributed by atoms with Crippen molar-refractivity contribution in [1.82, 2.24) is 5.32 Å². The molecule has 1 rings (SSSR count). The molecule has 0 saturated carbocycles. The van der Waals surface area contributed by atoms with Crippen LogP contribution in [-0.4, -0.2) is 46.3 Å². The molecule has 0 bridgehead atoms. The van der Waals surface area contributed by atoms with Crippen LogP contribution in [0.2, 0.25) is 0 Å². The number of amides is 1. The van der Waals surface area contributed by atoms with Gasteiger partial charge in [0.2, 0.25) is 5.91 Å². The summed E-state index contributed by atoms with van der Waals surface area (Å²) >= 11 is 0. The van der Waals surface area contributed by atoms with E-state index in [4.69, 9.17) is 14.9 Å². The van der Waals surface area contributed by atoms with Gasteiger partial charge in [0.1, 0.15) is 6.04 Å². The smallest absolute Gasteiger partial charge is 0.326 e. The number of carboxylic acid groups (broad SMARTS) is 2. The zero-order valence-corrected chi connectivity index (χ0v) is 11.8. The molecule has 3 N–H and O–H groups in total. The largest absolute Gasteiger partial charge is 0.481 e. The Morgan fingerprint density at radius 1 is 1.15 bits per heavy atom. The van der Waals surface area contributed by atoms with Crippen molar-refractivity contribution in [3.05, 3.63) is 0 Å². The highest BCUT2D eigenvalue weighted by molar-refractivity contribution is 5.86. The van der Waals surface area contributed by atoms with Crippen molar-refractivity contribution < 1.29 is 29.3 Å². The number of hydrogen-bond acceptors (Lipinski definition) is 4. The van der Waals surface area contributed by atoms with Gasteiger partial charge in [-0.3, -0.25) is 9.59 Å². The summed E-state index contributed by atoms with van der Waals surface area (Å²) in [7, 11) is 0. The van der Waals surface area contributed by atoms with Gasteiger partial charge in [0.05, 0.1) is 18.1 Å². The van der Waals surface area contributed by atoms with Gasteiger partial charge >= 0.3 is 11.9 Å². The van der Waals surface area contributed by atoms with Crippen LogP contribution in [0.5, 0.6) is 0 Å². The summed E-state index contributed by atoms with van der Waals surface area (Å²) in [6, 6.07) is -1.19. The molecule has 5 unspecified atom stereocenters. The molecular formula is C13H21NO6. The number of ether oxygens (including phenoxy) is 1. The van der Waals surface area contributed by atoms with Gasteiger partial charge in [0.15, 0.2) is 0 Å². The van der Waals surface area contributed by atoms with Gasteiger partial charge in [0.25, 0.3) is 0 Å². The van der Waals surface area contributed by atoms with Crippen LogP contribution in [0.4, 0.5) is 0 Å². The second kappa shape index (κ2) is 6.69. The average molecular weight is 287 g/mol. The lowest BCUT2D eigenvalue weighted by molar-refractivity contribution is -0.144. The van der Waals surface area contributed by atoms with E-state index in [-0.39, 0.29) is 31.0 Å². The quantitative estimate of drug-likeness (QED) is 0.655. The standard InChI is InChI=1S/C13H21NO6/c1-6-7(2)20-8(3)11(6)12(17)14-9(13(18)19)4-5-10(15)16/h6-9,11H,4-5H2,1-3H3,(H,14,17)(H,15,16)(H,18,19). The number of aliphatic carboxylic acids is 2. The van der Waals surface area contributed by atoms with E-state index in [9.17, 15) is 14.4 Å². The Morgan fingerprint density at radius 2 is 1.75 bits per heavy atom. The van der Waals surface area contributed by atoms with E-state index in [1.54, 1.807) is 6.92 Å². The molecule has 1 aliphatic rings. The van der Waals surface area contributed by atoms with Gasteiger partial charge in [-0.25, -0.2) is 4.79 Å². The molecule has 0 aromatic rings. The lowest BCUT2D eigenvalue weighted by Gasteiger charge is -2.21. The summed E-state index contributed by atoms with van der Waals surface area (Å²) in [5, 5.41) is 20.0. The molecule has 1 amide bonds. The second-order valence-electron chi connectivity index (χ2n) is 5.26. The highest BCUT2D eigenvalue weighted by Gasteiger charge is 2.42. The third kappa shape index (κ3) is 3.93. The molecule has 7 nitrogen and oxygen atoms in total.